The molecule has 2 N–H and O–H groups in total. The maximum atomic E-state index is 12.1. The molecule has 0 aliphatic rings. The molecule has 0 unspecified atom stereocenters. The van der Waals surface area contributed by atoms with Gasteiger partial charge in [-0.05, 0) is 17.7 Å². The van der Waals surface area contributed by atoms with Crippen molar-refractivity contribution in [3.63, 3.8) is 0 Å². The summed E-state index contributed by atoms with van der Waals surface area (Å²) in [6.45, 7) is 3.63. The highest BCUT2D eigenvalue weighted by Gasteiger charge is 2.15. The van der Waals surface area contributed by atoms with Crippen LogP contribution in [0.2, 0.25) is 0 Å². The molecule has 0 atom stereocenters. The molecular weight excluding hydrogens is 260 g/mol. The lowest BCUT2D eigenvalue weighted by atomic mass is 9.98. The minimum atomic E-state index is -0.0958. The Labute approximate surface area is 126 Å². The number of hydrogen-bond acceptors (Lipinski definition) is 2. The number of carbonyl (C=O) groups excluding carboxylic acids is 1. The molecule has 0 bridgehead atoms. The summed E-state index contributed by atoms with van der Waals surface area (Å²) in [4.78, 5) is 12.1. The number of amides is 1. The number of rotatable bonds is 7. The highest BCUT2D eigenvalue weighted by atomic mass is 16.1. The van der Waals surface area contributed by atoms with Crippen molar-refractivity contribution in [3.05, 3.63) is 71.8 Å². The van der Waals surface area contributed by atoms with Gasteiger partial charge in [0.05, 0.1) is 6.04 Å². The first-order chi connectivity index (χ1) is 10.3. The first kappa shape index (κ1) is 15.3. The van der Waals surface area contributed by atoms with Crippen molar-refractivity contribution >= 4 is 5.91 Å². The lowest BCUT2D eigenvalue weighted by molar-refractivity contribution is -0.121. The Hall–Kier alpha value is -2.13. The van der Waals surface area contributed by atoms with Crippen LogP contribution in [0.1, 0.15) is 30.5 Å². The highest BCUT2D eigenvalue weighted by molar-refractivity contribution is 5.77. The first-order valence-corrected chi connectivity index (χ1v) is 7.41. The zero-order valence-electron chi connectivity index (χ0n) is 12.4. The average Bonchev–Trinajstić information content (AvgIpc) is 2.54. The molecule has 0 radical (unpaired) electrons. The number of hydrogen-bond donors (Lipinski definition) is 2. The van der Waals surface area contributed by atoms with Gasteiger partial charge in [-0.3, -0.25) is 4.79 Å². The Morgan fingerprint density at radius 1 is 0.952 bits per heavy atom. The zero-order valence-corrected chi connectivity index (χ0v) is 12.4. The van der Waals surface area contributed by atoms with Gasteiger partial charge in [-0.1, -0.05) is 67.6 Å². The molecule has 1 amide bonds. The molecule has 0 aliphatic carbocycles. The third-order valence-electron chi connectivity index (χ3n) is 3.35. The van der Waals surface area contributed by atoms with Gasteiger partial charge in [0, 0.05) is 13.0 Å². The third kappa shape index (κ3) is 4.72. The first-order valence-electron chi connectivity index (χ1n) is 7.41. The maximum absolute atomic E-state index is 12.1. The van der Waals surface area contributed by atoms with E-state index in [4.69, 9.17) is 0 Å². The Balaban J connectivity index is 2.12. The Morgan fingerprint density at radius 2 is 1.48 bits per heavy atom. The highest BCUT2D eigenvalue weighted by Crippen LogP contribution is 2.21. The fraction of sp³-hybridized carbons (Fsp3) is 0.278. The molecule has 0 spiro atoms. The van der Waals surface area contributed by atoms with Crippen LogP contribution in [0.15, 0.2) is 60.7 Å². The minimum absolute atomic E-state index is 0.0636. The average molecular weight is 282 g/mol. The molecule has 3 nitrogen and oxygen atoms in total. The Kier molecular flexibility index (Phi) is 5.98. The van der Waals surface area contributed by atoms with Crippen molar-refractivity contribution in [2.45, 2.75) is 19.4 Å². The van der Waals surface area contributed by atoms with Gasteiger partial charge in [-0.25, -0.2) is 0 Å². The normalized spacial score (nSPS) is 10.6. The van der Waals surface area contributed by atoms with Crippen molar-refractivity contribution < 1.29 is 4.79 Å². The van der Waals surface area contributed by atoms with Crippen LogP contribution in [0.4, 0.5) is 0 Å². The molecule has 2 rings (SSSR count). The molecule has 21 heavy (non-hydrogen) atoms. The van der Waals surface area contributed by atoms with E-state index < -0.39 is 0 Å². The van der Waals surface area contributed by atoms with Crippen LogP contribution >= 0.6 is 0 Å². The van der Waals surface area contributed by atoms with Gasteiger partial charge in [0.1, 0.15) is 0 Å². The molecule has 0 aromatic heterocycles. The second-order valence-corrected chi connectivity index (χ2v) is 4.93. The van der Waals surface area contributed by atoms with Gasteiger partial charge in [-0.2, -0.15) is 0 Å². The quantitative estimate of drug-likeness (QED) is 0.767. The van der Waals surface area contributed by atoms with Gasteiger partial charge in [-0.15, -0.1) is 0 Å². The van der Waals surface area contributed by atoms with E-state index in [0.29, 0.717) is 13.0 Å². The van der Waals surface area contributed by atoms with E-state index in [1.807, 2.05) is 67.6 Å². The van der Waals surface area contributed by atoms with E-state index >= 15 is 0 Å². The molecule has 2 aromatic carbocycles. The molecule has 3 heteroatoms. The second-order valence-electron chi connectivity index (χ2n) is 4.93. The monoisotopic (exact) mass is 282 g/mol. The van der Waals surface area contributed by atoms with Crippen LogP contribution in [-0.4, -0.2) is 19.0 Å². The van der Waals surface area contributed by atoms with Gasteiger partial charge < -0.3 is 10.6 Å². The maximum Gasteiger partial charge on any atom is 0.222 e. The summed E-state index contributed by atoms with van der Waals surface area (Å²) in [5, 5.41) is 6.30. The number of carbonyl (C=O) groups is 1. The lowest BCUT2D eigenvalue weighted by Crippen LogP contribution is -2.31. The molecule has 0 saturated carbocycles. The second kappa shape index (κ2) is 8.22. The van der Waals surface area contributed by atoms with Gasteiger partial charge in [0.2, 0.25) is 5.91 Å². The van der Waals surface area contributed by atoms with Crippen LogP contribution in [0.5, 0.6) is 0 Å². The molecule has 110 valence electrons. The Morgan fingerprint density at radius 3 is 1.95 bits per heavy atom. The van der Waals surface area contributed by atoms with Crippen LogP contribution in [-0.2, 0) is 4.79 Å². The van der Waals surface area contributed by atoms with E-state index in [9.17, 15) is 4.79 Å². The number of nitrogens with one attached hydrogen (secondary N) is 2. The molecular formula is C18H22N2O. The third-order valence-corrected chi connectivity index (χ3v) is 3.35. The predicted octanol–water partition coefficient (Wildman–Crippen LogP) is 2.89. The summed E-state index contributed by atoms with van der Waals surface area (Å²) in [6, 6.07) is 20.0. The largest absolute Gasteiger partial charge is 0.345 e. The fourth-order valence-corrected chi connectivity index (χ4v) is 2.26. The fourth-order valence-electron chi connectivity index (χ4n) is 2.26. The van der Waals surface area contributed by atoms with Crippen LogP contribution < -0.4 is 10.6 Å². The van der Waals surface area contributed by atoms with Crippen molar-refractivity contribution in [3.8, 4) is 0 Å². The summed E-state index contributed by atoms with van der Waals surface area (Å²) in [6.07, 6.45) is 0.490. The van der Waals surface area contributed by atoms with E-state index in [1.165, 1.54) is 0 Å². The zero-order chi connectivity index (χ0) is 14.9. The summed E-state index contributed by atoms with van der Waals surface area (Å²) >= 11 is 0. The topological polar surface area (TPSA) is 41.1 Å². The van der Waals surface area contributed by atoms with Crippen molar-refractivity contribution in [1.29, 1.82) is 0 Å². The summed E-state index contributed by atoms with van der Waals surface area (Å²) in [5.74, 6) is 0.0636. The molecule has 0 fully saturated rings. The summed E-state index contributed by atoms with van der Waals surface area (Å²) in [5.41, 5.74) is 2.20. The van der Waals surface area contributed by atoms with Crippen molar-refractivity contribution in [2.75, 3.05) is 13.1 Å². The van der Waals surface area contributed by atoms with Crippen molar-refractivity contribution in [2.24, 2.45) is 0 Å². The van der Waals surface area contributed by atoms with Crippen LogP contribution in [0.25, 0.3) is 0 Å². The van der Waals surface area contributed by atoms with E-state index in [-0.39, 0.29) is 11.9 Å². The number of benzene rings is 2. The molecule has 0 aliphatic heterocycles. The SMILES string of the molecule is CCNCCC(=O)NC(c1ccccc1)c1ccccc1. The standard InChI is InChI=1S/C18H22N2O/c1-2-19-14-13-17(21)20-18(15-9-5-3-6-10-15)16-11-7-4-8-12-16/h3-12,18-19H,2,13-14H2,1H3,(H,20,21). The smallest absolute Gasteiger partial charge is 0.222 e. The van der Waals surface area contributed by atoms with Crippen LogP contribution in [0.3, 0.4) is 0 Å². The summed E-state index contributed by atoms with van der Waals surface area (Å²) in [7, 11) is 0. The van der Waals surface area contributed by atoms with Gasteiger partial charge in [0.15, 0.2) is 0 Å². The lowest BCUT2D eigenvalue weighted by Gasteiger charge is -2.20. The molecule has 0 heterocycles. The Bertz CT molecular complexity index is 500. The summed E-state index contributed by atoms with van der Waals surface area (Å²) < 4.78 is 0. The van der Waals surface area contributed by atoms with E-state index in [1.54, 1.807) is 0 Å². The molecule has 2 aromatic rings. The van der Waals surface area contributed by atoms with Gasteiger partial charge in [0.25, 0.3) is 0 Å². The molecule has 0 saturated heterocycles. The van der Waals surface area contributed by atoms with E-state index in [0.717, 1.165) is 17.7 Å². The minimum Gasteiger partial charge on any atom is -0.345 e. The van der Waals surface area contributed by atoms with Crippen LogP contribution in [0, 0.1) is 0 Å². The van der Waals surface area contributed by atoms with E-state index in [2.05, 4.69) is 10.6 Å². The van der Waals surface area contributed by atoms with Crippen molar-refractivity contribution in [1.82, 2.24) is 10.6 Å². The van der Waals surface area contributed by atoms with Gasteiger partial charge >= 0.3 is 0 Å². The predicted molar refractivity (Wildman–Crippen MR) is 86.0 cm³/mol.